The Balaban J connectivity index is 2.85. The zero-order valence-electron chi connectivity index (χ0n) is 9.04. The van der Waals surface area contributed by atoms with Gasteiger partial charge in [0.2, 0.25) is 0 Å². The van der Waals surface area contributed by atoms with E-state index in [1.165, 1.54) is 12.1 Å². The van der Waals surface area contributed by atoms with Crippen LogP contribution in [0, 0.1) is 17.6 Å². The Bertz CT molecular complexity index is 377. The van der Waals surface area contributed by atoms with Crippen molar-refractivity contribution in [3.05, 3.63) is 35.4 Å². The number of hydrogen-bond acceptors (Lipinski definition) is 1. The van der Waals surface area contributed by atoms with Crippen LogP contribution >= 0.6 is 0 Å². The second-order valence-corrected chi connectivity index (χ2v) is 3.74. The van der Waals surface area contributed by atoms with E-state index in [-0.39, 0.29) is 12.0 Å². The Kier molecular flexibility index (Phi) is 4.40. The summed E-state index contributed by atoms with van der Waals surface area (Å²) in [6, 6.07) is 3.83. The number of aliphatic carboxylic acids is 1. The standard InChI is InChI=1S/C12H14F2O2/c1-2-4-9(12(15)16)7-8-5-3-6-10(13)11(8)14/h3,5-6,9H,2,4,7H2,1H3,(H,15,16). The first-order valence-corrected chi connectivity index (χ1v) is 5.22. The van der Waals surface area contributed by atoms with Crippen LogP contribution in [0.15, 0.2) is 18.2 Å². The smallest absolute Gasteiger partial charge is 0.306 e. The molecule has 1 N–H and O–H groups in total. The summed E-state index contributed by atoms with van der Waals surface area (Å²) < 4.78 is 26.2. The highest BCUT2D eigenvalue weighted by Crippen LogP contribution is 2.18. The Hall–Kier alpha value is -1.45. The number of carboxylic acids is 1. The van der Waals surface area contributed by atoms with Gasteiger partial charge < -0.3 is 5.11 Å². The van der Waals surface area contributed by atoms with Crippen molar-refractivity contribution in [3.8, 4) is 0 Å². The molecule has 16 heavy (non-hydrogen) atoms. The average Bonchev–Trinajstić information content (AvgIpc) is 2.23. The van der Waals surface area contributed by atoms with Crippen molar-refractivity contribution in [2.45, 2.75) is 26.2 Å². The van der Waals surface area contributed by atoms with Crippen molar-refractivity contribution >= 4 is 5.97 Å². The summed E-state index contributed by atoms with van der Waals surface area (Å²) in [4.78, 5) is 10.9. The fourth-order valence-electron chi connectivity index (χ4n) is 1.63. The maximum atomic E-state index is 13.3. The fraction of sp³-hybridized carbons (Fsp3) is 0.417. The van der Waals surface area contributed by atoms with E-state index >= 15 is 0 Å². The van der Waals surface area contributed by atoms with Crippen LogP contribution in [0.25, 0.3) is 0 Å². The quantitative estimate of drug-likeness (QED) is 0.841. The predicted molar refractivity (Wildman–Crippen MR) is 56.1 cm³/mol. The van der Waals surface area contributed by atoms with Gasteiger partial charge in [-0.1, -0.05) is 25.5 Å². The zero-order chi connectivity index (χ0) is 12.1. The van der Waals surface area contributed by atoms with Gasteiger partial charge in [0.05, 0.1) is 5.92 Å². The minimum absolute atomic E-state index is 0.0345. The van der Waals surface area contributed by atoms with Crippen LogP contribution in [0.2, 0.25) is 0 Å². The molecule has 0 bridgehead atoms. The number of halogens is 2. The molecule has 1 unspecified atom stereocenters. The molecule has 1 aromatic rings. The van der Waals surface area contributed by atoms with E-state index in [1.54, 1.807) is 0 Å². The van der Waals surface area contributed by atoms with Crippen LogP contribution < -0.4 is 0 Å². The minimum atomic E-state index is -0.967. The molecule has 0 heterocycles. The molecule has 4 heteroatoms. The lowest BCUT2D eigenvalue weighted by atomic mass is 9.95. The van der Waals surface area contributed by atoms with Crippen molar-refractivity contribution in [1.82, 2.24) is 0 Å². The van der Waals surface area contributed by atoms with E-state index in [4.69, 9.17) is 5.11 Å². The third-order valence-corrected chi connectivity index (χ3v) is 2.48. The second kappa shape index (κ2) is 5.58. The molecule has 0 spiro atoms. The van der Waals surface area contributed by atoms with Gasteiger partial charge in [-0.05, 0) is 24.5 Å². The van der Waals surface area contributed by atoms with Crippen LogP contribution in [0.5, 0.6) is 0 Å². The van der Waals surface area contributed by atoms with Crippen molar-refractivity contribution < 1.29 is 18.7 Å². The average molecular weight is 228 g/mol. The van der Waals surface area contributed by atoms with Crippen molar-refractivity contribution in [3.63, 3.8) is 0 Å². The molecule has 0 aliphatic carbocycles. The van der Waals surface area contributed by atoms with Gasteiger partial charge in [-0.25, -0.2) is 8.78 Å². The summed E-state index contributed by atoms with van der Waals surface area (Å²) in [7, 11) is 0. The van der Waals surface area contributed by atoms with E-state index in [0.717, 1.165) is 6.07 Å². The lowest BCUT2D eigenvalue weighted by Crippen LogP contribution is -2.17. The Labute approximate surface area is 92.9 Å². The molecule has 0 saturated heterocycles. The molecule has 0 aliphatic heterocycles. The van der Waals surface area contributed by atoms with Gasteiger partial charge in [-0.15, -0.1) is 0 Å². The SMILES string of the molecule is CCCC(Cc1cccc(F)c1F)C(=O)O. The monoisotopic (exact) mass is 228 g/mol. The first-order valence-electron chi connectivity index (χ1n) is 5.22. The first-order chi connectivity index (χ1) is 7.56. The number of benzene rings is 1. The first kappa shape index (κ1) is 12.6. The molecule has 2 nitrogen and oxygen atoms in total. The van der Waals surface area contributed by atoms with E-state index in [9.17, 15) is 13.6 Å². The number of carboxylic acid groups (broad SMARTS) is 1. The second-order valence-electron chi connectivity index (χ2n) is 3.74. The maximum absolute atomic E-state index is 13.3. The van der Waals surface area contributed by atoms with Gasteiger partial charge in [-0.3, -0.25) is 4.79 Å². The molecule has 1 aromatic carbocycles. The molecule has 88 valence electrons. The number of hydrogen-bond donors (Lipinski definition) is 1. The molecular formula is C12H14F2O2. The van der Waals surface area contributed by atoms with Gasteiger partial charge in [0, 0.05) is 0 Å². The zero-order valence-corrected chi connectivity index (χ0v) is 9.04. The molecule has 0 aromatic heterocycles. The van der Waals surface area contributed by atoms with Crippen LogP contribution in [0.1, 0.15) is 25.3 Å². The molecule has 0 amide bonds. The third kappa shape index (κ3) is 3.02. The van der Waals surface area contributed by atoms with E-state index in [0.29, 0.717) is 12.8 Å². The van der Waals surface area contributed by atoms with E-state index < -0.39 is 23.5 Å². The summed E-state index contributed by atoms with van der Waals surface area (Å²) in [5, 5.41) is 8.91. The Morgan fingerprint density at radius 2 is 2.12 bits per heavy atom. The Morgan fingerprint density at radius 3 is 2.69 bits per heavy atom. The van der Waals surface area contributed by atoms with E-state index in [1.807, 2.05) is 6.92 Å². The topological polar surface area (TPSA) is 37.3 Å². The lowest BCUT2D eigenvalue weighted by Gasteiger charge is -2.11. The number of carbonyl (C=O) groups is 1. The third-order valence-electron chi connectivity index (χ3n) is 2.48. The van der Waals surface area contributed by atoms with Gasteiger partial charge in [-0.2, -0.15) is 0 Å². The van der Waals surface area contributed by atoms with Crippen LogP contribution in [0.4, 0.5) is 8.78 Å². The highest BCUT2D eigenvalue weighted by molar-refractivity contribution is 5.70. The molecule has 1 rings (SSSR count). The summed E-state index contributed by atoms with van der Waals surface area (Å²) in [6.07, 6.45) is 1.20. The maximum Gasteiger partial charge on any atom is 0.306 e. The van der Waals surface area contributed by atoms with Crippen LogP contribution in [-0.2, 0) is 11.2 Å². The van der Waals surface area contributed by atoms with E-state index in [2.05, 4.69) is 0 Å². The lowest BCUT2D eigenvalue weighted by molar-refractivity contribution is -0.141. The summed E-state index contributed by atoms with van der Waals surface area (Å²) in [5.74, 6) is -3.49. The fourth-order valence-corrected chi connectivity index (χ4v) is 1.63. The Morgan fingerprint density at radius 1 is 1.44 bits per heavy atom. The van der Waals surface area contributed by atoms with Crippen molar-refractivity contribution in [2.24, 2.45) is 5.92 Å². The highest BCUT2D eigenvalue weighted by atomic mass is 19.2. The predicted octanol–water partition coefficient (Wildman–Crippen LogP) is 3.01. The molecule has 0 aliphatic rings. The molecule has 1 atom stereocenters. The normalized spacial score (nSPS) is 12.4. The minimum Gasteiger partial charge on any atom is -0.481 e. The van der Waals surface area contributed by atoms with Crippen LogP contribution in [-0.4, -0.2) is 11.1 Å². The number of rotatable bonds is 5. The van der Waals surface area contributed by atoms with Gasteiger partial charge in [0.25, 0.3) is 0 Å². The van der Waals surface area contributed by atoms with Gasteiger partial charge >= 0.3 is 5.97 Å². The summed E-state index contributed by atoms with van der Waals surface area (Å²) in [5.41, 5.74) is 0.126. The van der Waals surface area contributed by atoms with Gasteiger partial charge in [0.1, 0.15) is 0 Å². The molecule has 0 fully saturated rings. The van der Waals surface area contributed by atoms with Gasteiger partial charge in [0.15, 0.2) is 11.6 Å². The van der Waals surface area contributed by atoms with Crippen molar-refractivity contribution in [2.75, 3.05) is 0 Å². The largest absolute Gasteiger partial charge is 0.481 e. The summed E-state index contributed by atoms with van der Waals surface area (Å²) in [6.45, 7) is 1.86. The van der Waals surface area contributed by atoms with Crippen molar-refractivity contribution in [1.29, 1.82) is 0 Å². The molecular weight excluding hydrogens is 214 g/mol. The highest BCUT2D eigenvalue weighted by Gasteiger charge is 2.19. The summed E-state index contributed by atoms with van der Waals surface area (Å²) >= 11 is 0. The molecule has 0 radical (unpaired) electrons. The van der Waals surface area contributed by atoms with Crippen LogP contribution in [0.3, 0.4) is 0 Å². The molecule has 0 saturated carbocycles.